The Bertz CT molecular complexity index is 609. The van der Waals surface area contributed by atoms with Crippen LogP contribution in [0.5, 0.6) is 0 Å². The van der Waals surface area contributed by atoms with Gasteiger partial charge in [-0.2, -0.15) is 0 Å². The minimum atomic E-state index is -0.481. The number of para-hydroxylation sites is 1. The van der Waals surface area contributed by atoms with Crippen LogP contribution in [-0.4, -0.2) is 9.49 Å². The predicted molar refractivity (Wildman–Crippen MR) is 68.1 cm³/mol. The van der Waals surface area contributed by atoms with E-state index in [2.05, 4.69) is 6.07 Å². The van der Waals surface area contributed by atoms with Gasteiger partial charge in [0.1, 0.15) is 0 Å². The highest BCUT2D eigenvalue weighted by atomic mass is 16.6. The van der Waals surface area contributed by atoms with Gasteiger partial charge in [0.05, 0.1) is 10.4 Å². The van der Waals surface area contributed by atoms with Gasteiger partial charge in [0, 0.05) is 23.4 Å². The molecule has 0 saturated heterocycles. The summed E-state index contributed by atoms with van der Waals surface area (Å²) in [6, 6.07) is 10.1. The third-order valence-corrected chi connectivity index (χ3v) is 2.49. The molecule has 4 heteroatoms. The van der Waals surface area contributed by atoms with Crippen molar-refractivity contribution in [2.75, 3.05) is 0 Å². The van der Waals surface area contributed by atoms with Crippen LogP contribution in [0.2, 0.25) is 0 Å². The molecule has 0 radical (unpaired) electrons. The molecule has 0 aliphatic carbocycles. The zero-order valence-electron chi connectivity index (χ0n) is 9.41. The van der Waals surface area contributed by atoms with Crippen LogP contribution < -0.4 is 0 Å². The van der Waals surface area contributed by atoms with E-state index in [1.165, 1.54) is 6.08 Å². The molecule has 2 aromatic rings. The first-order valence-electron chi connectivity index (χ1n) is 5.23. The smallest absolute Gasteiger partial charge is 0.234 e. The van der Waals surface area contributed by atoms with Crippen LogP contribution in [0.15, 0.2) is 48.7 Å². The zero-order valence-corrected chi connectivity index (χ0v) is 9.41. The van der Waals surface area contributed by atoms with E-state index in [4.69, 9.17) is 0 Å². The first kappa shape index (κ1) is 11.1. The van der Waals surface area contributed by atoms with Gasteiger partial charge >= 0.3 is 0 Å². The molecule has 0 bridgehead atoms. The Hall–Kier alpha value is -2.36. The van der Waals surface area contributed by atoms with Crippen molar-refractivity contribution in [3.8, 4) is 0 Å². The molecular formula is C13H12N2O2. The Morgan fingerprint density at radius 1 is 1.29 bits per heavy atom. The molecule has 0 atom stereocenters. The lowest BCUT2D eigenvalue weighted by atomic mass is 10.2. The van der Waals surface area contributed by atoms with Gasteiger partial charge in [-0.1, -0.05) is 18.2 Å². The Morgan fingerprint density at radius 3 is 2.82 bits per heavy atom. The lowest BCUT2D eigenvalue weighted by Crippen LogP contribution is -1.87. The second kappa shape index (κ2) is 4.65. The fraction of sp³-hybridized carbons (Fsp3) is 0.0769. The maximum atomic E-state index is 10.1. The molecule has 0 aliphatic rings. The molecule has 0 unspecified atom stereocenters. The SMILES string of the molecule is Cc1cc2ccccc2n1/C=C/C=C/[N+](=O)[O-]. The van der Waals surface area contributed by atoms with Gasteiger partial charge in [-0.15, -0.1) is 0 Å². The summed E-state index contributed by atoms with van der Waals surface area (Å²) < 4.78 is 2.00. The van der Waals surface area contributed by atoms with E-state index in [1.807, 2.05) is 42.0 Å². The average molecular weight is 228 g/mol. The van der Waals surface area contributed by atoms with Gasteiger partial charge in [0.25, 0.3) is 0 Å². The maximum Gasteiger partial charge on any atom is 0.234 e. The number of aryl methyl sites for hydroxylation is 1. The van der Waals surface area contributed by atoms with Crippen molar-refractivity contribution in [1.82, 2.24) is 4.57 Å². The van der Waals surface area contributed by atoms with Crippen LogP contribution in [0, 0.1) is 17.0 Å². The molecule has 0 aliphatic heterocycles. The number of nitrogens with zero attached hydrogens (tertiary/aromatic N) is 2. The van der Waals surface area contributed by atoms with Crippen LogP contribution >= 0.6 is 0 Å². The van der Waals surface area contributed by atoms with Gasteiger partial charge in [0.15, 0.2) is 0 Å². The molecule has 1 heterocycles. The topological polar surface area (TPSA) is 48.1 Å². The van der Waals surface area contributed by atoms with Gasteiger partial charge in [-0.05, 0) is 25.1 Å². The van der Waals surface area contributed by atoms with E-state index in [9.17, 15) is 10.1 Å². The minimum Gasteiger partial charge on any atom is -0.321 e. The normalized spacial score (nSPS) is 11.8. The molecule has 0 amide bonds. The Kier molecular flexibility index (Phi) is 3.05. The number of fused-ring (bicyclic) bond motifs is 1. The molecule has 0 fully saturated rings. The average Bonchev–Trinajstić information content (AvgIpc) is 2.60. The summed E-state index contributed by atoms with van der Waals surface area (Å²) in [5.74, 6) is 0. The number of allylic oxidation sites excluding steroid dienone is 2. The fourth-order valence-electron chi connectivity index (χ4n) is 1.77. The first-order valence-corrected chi connectivity index (χ1v) is 5.23. The lowest BCUT2D eigenvalue weighted by molar-refractivity contribution is -0.402. The second-order valence-electron chi connectivity index (χ2n) is 3.68. The summed E-state index contributed by atoms with van der Waals surface area (Å²) in [4.78, 5) is 9.64. The molecule has 4 nitrogen and oxygen atoms in total. The highest BCUT2D eigenvalue weighted by Gasteiger charge is 2.00. The molecule has 86 valence electrons. The quantitative estimate of drug-likeness (QED) is 0.460. The van der Waals surface area contributed by atoms with Crippen molar-refractivity contribution < 1.29 is 4.92 Å². The molecule has 17 heavy (non-hydrogen) atoms. The van der Waals surface area contributed by atoms with Crippen molar-refractivity contribution in [2.24, 2.45) is 0 Å². The van der Waals surface area contributed by atoms with Crippen LogP contribution in [0.3, 0.4) is 0 Å². The van der Waals surface area contributed by atoms with Crippen molar-refractivity contribution in [3.63, 3.8) is 0 Å². The largest absolute Gasteiger partial charge is 0.321 e. The zero-order chi connectivity index (χ0) is 12.3. The molecule has 0 spiro atoms. The second-order valence-corrected chi connectivity index (χ2v) is 3.68. The van der Waals surface area contributed by atoms with Gasteiger partial charge in [-0.25, -0.2) is 0 Å². The number of rotatable bonds is 3. The molecule has 0 saturated carbocycles. The molecule has 1 aromatic heterocycles. The molecule has 2 rings (SSSR count). The standard InChI is InChI=1S/C13H12N2O2/c1-11-10-12-6-2-3-7-13(12)14(11)8-4-5-9-15(16)17/h2-10H,1H3/b8-4+,9-5+. The highest BCUT2D eigenvalue weighted by Crippen LogP contribution is 2.19. The van der Waals surface area contributed by atoms with Crippen LogP contribution in [0.25, 0.3) is 17.1 Å². The summed E-state index contributed by atoms with van der Waals surface area (Å²) in [5, 5.41) is 11.3. The lowest BCUT2D eigenvalue weighted by Gasteiger charge is -1.99. The number of nitro groups is 1. The van der Waals surface area contributed by atoms with E-state index < -0.39 is 4.92 Å². The van der Waals surface area contributed by atoms with E-state index in [0.717, 1.165) is 22.8 Å². The summed E-state index contributed by atoms with van der Waals surface area (Å²) >= 11 is 0. The molecule has 0 N–H and O–H groups in total. The monoisotopic (exact) mass is 228 g/mol. The van der Waals surface area contributed by atoms with Crippen molar-refractivity contribution in [3.05, 3.63) is 64.5 Å². The number of hydrogen-bond acceptors (Lipinski definition) is 2. The van der Waals surface area contributed by atoms with E-state index in [-0.39, 0.29) is 0 Å². The summed E-state index contributed by atoms with van der Waals surface area (Å²) in [7, 11) is 0. The maximum absolute atomic E-state index is 10.1. The van der Waals surface area contributed by atoms with Gasteiger partial charge < -0.3 is 4.57 Å². The first-order chi connectivity index (χ1) is 8.18. The summed E-state index contributed by atoms with van der Waals surface area (Å²) in [5.41, 5.74) is 2.19. The molecular weight excluding hydrogens is 216 g/mol. The van der Waals surface area contributed by atoms with Crippen molar-refractivity contribution in [1.29, 1.82) is 0 Å². The third kappa shape index (κ3) is 2.42. The Balaban J connectivity index is 2.35. The van der Waals surface area contributed by atoms with Gasteiger partial charge in [0.2, 0.25) is 6.20 Å². The van der Waals surface area contributed by atoms with E-state index in [1.54, 1.807) is 6.08 Å². The van der Waals surface area contributed by atoms with Crippen LogP contribution in [0.1, 0.15) is 5.69 Å². The summed E-state index contributed by atoms with van der Waals surface area (Å²) in [6.45, 7) is 2.00. The third-order valence-electron chi connectivity index (χ3n) is 2.49. The Morgan fingerprint density at radius 2 is 2.06 bits per heavy atom. The number of benzene rings is 1. The molecule has 1 aromatic carbocycles. The van der Waals surface area contributed by atoms with Crippen molar-refractivity contribution in [2.45, 2.75) is 6.92 Å². The number of hydrogen-bond donors (Lipinski definition) is 0. The fourth-order valence-corrected chi connectivity index (χ4v) is 1.77. The minimum absolute atomic E-state index is 0.481. The Labute approximate surface area is 98.6 Å². The summed E-state index contributed by atoms with van der Waals surface area (Å²) in [6.07, 6.45) is 5.80. The van der Waals surface area contributed by atoms with E-state index in [0.29, 0.717) is 0 Å². The van der Waals surface area contributed by atoms with Gasteiger partial charge in [-0.3, -0.25) is 10.1 Å². The van der Waals surface area contributed by atoms with E-state index >= 15 is 0 Å². The number of aromatic nitrogens is 1. The highest BCUT2D eigenvalue weighted by molar-refractivity contribution is 5.83. The van der Waals surface area contributed by atoms with Crippen LogP contribution in [0.4, 0.5) is 0 Å². The van der Waals surface area contributed by atoms with Crippen molar-refractivity contribution >= 4 is 17.1 Å². The van der Waals surface area contributed by atoms with Crippen LogP contribution in [-0.2, 0) is 0 Å². The predicted octanol–water partition coefficient (Wildman–Crippen LogP) is 3.21.